The quantitative estimate of drug-likeness (QED) is 0.130. The lowest BCUT2D eigenvalue weighted by Gasteiger charge is -2.46. The molecule has 3 heterocycles. The fourth-order valence-corrected chi connectivity index (χ4v) is 5.22. The van der Waals surface area contributed by atoms with Gasteiger partial charge in [0.1, 0.15) is 83.2 Å². The number of aliphatic hydroxyl groups excluding tert-OH is 7. The van der Waals surface area contributed by atoms with Crippen molar-refractivity contribution < 1.29 is 74.8 Å². The third-order valence-corrected chi connectivity index (χ3v) is 7.56. The number of rotatable bonds is 6. The summed E-state index contributed by atoms with van der Waals surface area (Å²) in [6.07, 6.45) is -17.5. The van der Waals surface area contributed by atoms with Gasteiger partial charge < -0.3 is 74.8 Å². The average Bonchev–Trinajstić information content (AvgIpc) is 2.97. The summed E-state index contributed by atoms with van der Waals surface area (Å²) < 4.78 is 22.1. The van der Waals surface area contributed by atoms with Gasteiger partial charge in [-0.05, 0) is 18.2 Å². The highest BCUT2D eigenvalue weighted by Gasteiger charge is 2.51. The van der Waals surface area contributed by atoms with Crippen molar-refractivity contribution in [1.29, 1.82) is 0 Å². The first-order valence-corrected chi connectivity index (χ1v) is 13.0. The number of hydrogen-bond acceptors (Lipinski definition) is 16. The molecular formula is C27H30O16. The molecule has 2 saturated heterocycles. The summed E-state index contributed by atoms with van der Waals surface area (Å²) in [5.41, 5.74) is -1.50. The maximum Gasteiger partial charge on any atom is 0.197 e. The molecule has 0 radical (unpaired) electrons. The maximum absolute atomic E-state index is 13.1. The van der Waals surface area contributed by atoms with Crippen molar-refractivity contribution in [3.8, 4) is 34.3 Å². The minimum atomic E-state index is -1.98. The monoisotopic (exact) mass is 610 g/mol. The van der Waals surface area contributed by atoms with Crippen LogP contribution in [-0.2, 0) is 14.2 Å². The number of phenolic OH excluding ortho intramolecular Hbond substituents is 4. The van der Waals surface area contributed by atoms with E-state index in [9.17, 15) is 61.0 Å². The minimum absolute atomic E-state index is 0.0928. The fraction of sp³-hybridized carbons (Fsp3) is 0.444. The Labute approximate surface area is 241 Å². The van der Waals surface area contributed by atoms with E-state index in [1.54, 1.807) is 0 Å². The number of ether oxygens (including phenoxy) is 3. The molecule has 1 aromatic heterocycles. The number of aromatic hydroxyl groups is 4. The first kappa shape index (κ1) is 30.9. The predicted octanol–water partition coefficient (Wildman–Crippen LogP) is -2.38. The first-order chi connectivity index (χ1) is 20.4. The first-order valence-electron chi connectivity index (χ1n) is 13.0. The van der Waals surface area contributed by atoms with E-state index < -0.39 is 114 Å². The molecule has 5 rings (SSSR count). The zero-order valence-corrected chi connectivity index (χ0v) is 22.0. The van der Waals surface area contributed by atoms with Crippen LogP contribution in [0.5, 0.6) is 23.0 Å². The third kappa shape index (κ3) is 5.38. The standard InChI is InChI=1S/C27H30O16/c28-6-15-19(34)22(37)23(38)27(42-15)43-26-20(35)16(7-29)41-25(24(26)39)18-12(33)5-14-17(21(18)36)11(32)4-13(40-14)8-1-2-9(30)10(31)3-8/h1-5,15-16,19-20,22-31,33-39H,6-7H2. The molecule has 10 unspecified atom stereocenters. The molecule has 0 spiro atoms. The van der Waals surface area contributed by atoms with Crippen LogP contribution in [0.1, 0.15) is 11.7 Å². The topological polar surface area (TPSA) is 280 Å². The van der Waals surface area contributed by atoms with Gasteiger partial charge in [-0.15, -0.1) is 0 Å². The summed E-state index contributed by atoms with van der Waals surface area (Å²) in [5.74, 6) is -2.64. The maximum atomic E-state index is 13.1. The zero-order chi connectivity index (χ0) is 31.3. The van der Waals surface area contributed by atoms with Crippen LogP contribution < -0.4 is 5.43 Å². The van der Waals surface area contributed by atoms with Crippen molar-refractivity contribution in [2.45, 2.75) is 61.2 Å². The van der Waals surface area contributed by atoms with Crippen LogP contribution >= 0.6 is 0 Å². The van der Waals surface area contributed by atoms with Crippen LogP contribution in [-0.4, -0.2) is 125 Å². The fourth-order valence-electron chi connectivity index (χ4n) is 5.22. The van der Waals surface area contributed by atoms with Gasteiger partial charge in [-0.1, -0.05) is 0 Å². The van der Waals surface area contributed by atoms with E-state index in [0.29, 0.717) is 0 Å². The molecule has 2 aliphatic rings. The molecular weight excluding hydrogens is 580 g/mol. The van der Waals surface area contributed by atoms with Crippen molar-refractivity contribution in [2.24, 2.45) is 0 Å². The molecule has 0 saturated carbocycles. The van der Waals surface area contributed by atoms with E-state index in [1.807, 2.05) is 0 Å². The summed E-state index contributed by atoms with van der Waals surface area (Å²) in [6, 6.07) is 5.53. The minimum Gasteiger partial charge on any atom is -0.507 e. The van der Waals surface area contributed by atoms with Gasteiger partial charge in [0.25, 0.3) is 0 Å². The summed E-state index contributed by atoms with van der Waals surface area (Å²) in [4.78, 5) is 13.1. The number of aliphatic hydroxyl groups is 7. The van der Waals surface area contributed by atoms with Gasteiger partial charge in [0.2, 0.25) is 0 Å². The molecule has 2 aliphatic heterocycles. The smallest absolute Gasteiger partial charge is 0.197 e. The van der Waals surface area contributed by atoms with Gasteiger partial charge in [0, 0.05) is 17.7 Å². The molecule has 3 aromatic rings. The van der Waals surface area contributed by atoms with Crippen LogP contribution in [0.25, 0.3) is 22.3 Å². The van der Waals surface area contributed by atoms with E-state index in [2.05, 4.69) is 0 Å². The van der Waals surface area contributed by atoms with Crippen LogP contribution in [0.3, 0.4) is 0 Å². The molecule has 43 heavy (non-hydrogen) atoms. The van der Waals surface area contributed by atoms with Crippen molar-refractivity contribution in [2.75, 3.05) is 13.2 Å². The molecule has 2 fully saturated rings. The molecule has 0 amide bonds. The second-order valence-electron chi connectivity index (χ2n) is 10.3. The largest absolute Gasteiger partial charge is 0.507 e. The Bertz CT molecular complexity index is 1540. The lowest BCUT2D eigenvalue weighted by molar-refractivity contribution is -0.342. The lowest BCUT2D eigenvalue weighted by Crippen LogP contribution is -2.63. The van der Waals surface area contributed by atoms with E-state index in [4.69, 9.17) is 18.6 Å². The molecule has 0 bridgehead atoms. The highest BCUT2D eigenvalue weighted by molar-refractivity contribution is 5.88. The molecule has 2 aromatic carbocycles. The Balaban J connectivity index is 1.52. The van der Waals surface area contributed by atoms with Crippen LogP contribution in [0, 0.1) is 0 Å². The Hall–Kier alpha value is -3.55. The number of fused-ring (bicyclic) bond motifs is 1. The highest BCUT2D eigenvalue weighted by Crippen LogP contribution is 2.45. The molecule has 0 aliphatic carbocycles. The van der Waals surface area contributed by atoms with Crippen molar-refractivity contribution in [1.82, 2.24) is 0 Å². The van der Waals surface area contributed by atoms with E-state index in [1.165, 1.54) is 6.07 Å². The second kappa shape index (κ2) is 11.9. The highest BCUT2D eigenvalue weighted by atomic mass is 16.7. The van der Waals surface area contributed by atoms with Gasteiger partial charge >= 0.3 is 0 Å². The number of benzene rings is 2. The van der Waals surface area contributed by atoms with E-state index >= 15 is 0 Å². The summed E-state index contributed by atoms with van der Waals surface area (Å²) in [7, 11) is 0. The van der Waals surface area contributed by atoms with Crippen LogP contribution in [0.2, 0.25) is 0 Å². The molecule has 11 N–H and O–H groups in total. The van der Waals surface area contributed by atoms with E-state index in [0.717, 1.165) is 24.3 Å². The SMILES string of the molecule is O=c1cc(-c2ccc(O)c(O)c2)oc2cc(O)c(C3OC(CO)C(O)C(OC4OC(CO)C(O)C(O)C4O)C3O)c(O)c12. The Morgan fingerprint density at radius 3 is 2.05 bits per heavy atom. The molecule has 10 atom stereocenters. The van der Waals surface area contributed by atoms with Crippen LogP contribution in [0.4, 0.5) is 0 Å². The number of phenols is 4. The Morgan fingerprint density at radius 2 is 1.40 bits per heavy atom. The van der Waals surface area contributed by atoms with Gasteiger partial charge in [-0.2, -0.15) is 0 Å². The van der Waals surface area contributed by atoms with Crippen LogP contribution in [0.15, 0.2) is 39.5 Å². The molecule has 234 valence electrons. The van der Waals surface area contributed by atoms with Gasteiger partial charge in [0.15, 0.2) is 23.2 Å². The summed E-state index contributed by atoms with van der Waals surface area (Å²) in [5, 5.41) is 113. The predicted molar refractivity (Wildman–Crippen MR) is 140 cm³/mol. The second-order valence-corrected chi connectivity index (χ2v) is 10.3. The zero-order valence-electron chi connectivity index (χ0n) is 22.0. The van der Waals surface area contributed by atoms with Crippen molar-refractivity contribution in [3.63, 3.8) is 0 Å². The Morgan fingerprint density at radius 1 is 0.721 bits per heavy atom. The normalized spacial score (nSPS) is 33.1. The summed E-state index contributed by atoms with van der Waals surface area (Å²) >= 11 is 0. The van der Waals surface area contributed by atoms with Gasteiger partial charge in [-0.3, -0.25) is 4.79 Å². The summed E-state index contributed by atoms with van der Waals surface area (Å²) in [6.45, 7) is -1.65. The molecule has 16 heteroatoms. The molecule has 16 nitrogen and oxygen atoms in total. The van der Waals surface area contributed by atoms with Crippen molar-refractivity contribution >= 4 is 11.0 Å². The van der Waals surface area contributed by atoms with E-state index in [-0.39, 0.29) is 16.9 Å². The van der Waals surface area contributed by atoms with Crippen molar-refractivity contribution in [3.05, 3.63) is 46.1 Å². The lowest BCUT2D eigenvalue weighted by atomic mass is 9.89. The number of hydrogen-bond donors (Lipinski definition) is 11. The van der Waals surface area contributed by atoms with Gasteiger partial charge in [-0.25, -0.2) is 0 Å². The van der Waals surface area contributed by atoms with Gasteiger partial charge in [0.05, 0.1) is 18.8 Å². The third-order valence-electron chi connectivity index (χ3n) is 7.56. The Kier molecular flexibility index (Phi) is 8.52. The average molecular weight is 611 g/mol.